The highest BCUT2D eigenvalue weighted by Gasteiger charge is 2.26. The molecule has 1 aliphatic rings. The zero-order chi connectivity index (χ0) is 22.2. The second-order valence-electron chi connectivity index (χ2n) is 8.47. The molecule has 1 saturated carbocycles. The molecule has 32 heavy (non-hydrogen) atoms. The molecule has 0 radical (unpaired) electrons. The summed E-state index contributed by atoms with van der Waals surface area (Å²) in [6, 6.07) is 15.4. The van der Waals surface area contributed by atoms with Crippen molar-refractivity contribution >= 4 is 11.2 Å². The van der Waals surface area contributed by atoms with Gasteiger partial charge in [0.15, 0.2) is 11.2 Å². The molecular weight excluding hydrogens is 404 g/mol. The van der Waals surface area contributed by atoms with Gasteiger partial charge in [0.25, 0.3) is 5.56 Å². The van der Waals surface area contributed by atoms with Crippen molar-refractivity contribution in [3.05, 3.63) is 86.8 Å². The lowest BCUT2D eigenvalue weighted by molar-refractivity contribution is 0.414. The van der Waals surface area contributed by atoms with Crippen LogP contribution in [-0.4, -0.2) is 25.8 Å². The molecule has 4 aromatic rings. The largest absolute Gasteiger partial charge is 0.497 e. The number of aryl methyl sites for hydroxylation is 1. The predicted molar refractivity (Wildman–Crippen MR) is 124 cm³/mol. The third-order valence-corrected chi connectivity index (χ3v) is 6.29. The van der Waals surface area contributed by atoms with E-state index in [0.717, 1.165) is 36.8 Å². The molecule has 0 atom stereocenters. The highest BCUT2D eigenvalue weighted by Crippen LogP contribution is 2.28. The minimum atomic E-state index is -0.344. The van der Waals surface area contributed by atoms with Gasteiger partial charge in [0.2, 0.25) is 0 Å². The van der Waals surface area contributed by atoms with Crippen LogP contribution in [0.2, 0.25) is 0 Å². The van der Waals surface area contributed by atoms with Crippen molar-refractivity contribution in [2.24, 2.45) is 0 Å². The van der Waals surface area contributed by atoms with Crippen LogP contribution in [0.4, 0.5) is 0 Å². The molecule has 5 rings (SSSR count). The van der Waals surface area contributed by atoms with Gasteiger partial charge in [-0.1, -0.05) is 48.7 Å². The number of aromatic nitrogens is 4. The minimum absolute atomic E-state index is 0.0847. The van der Waals surface area contributed by atoms with E-state index in [2.05, 4.69) is 11.1 Å². The van der Waals surface area contributed by atoms with Crippen LogP contribution in [-0.2, 0) is 6.54 Å². The maximum Gasteiger partial charge on any atom is 0.337 e. The maximum atomic E-state index is 13.6. The number of ether oxygens (including phenoxy) is 1. The van der Waals surface area contributed by atoms with Crippen molar-refractivity contribution in [1.29, 1.82) is 0 Å². The first-order valence-electron chi connectivity index (χ1n) is 11.0. The standard InChI is InChI=1S/C25H26N4O3/c1-17-7-5-8-18(13-17)15-27-16-26-23-22(27)24(30)29(19-9-3-4-10-19)25(31)28(23)20-11-6-12-21(14-20)32-2/h5-8,11-14,16,19H,3-4,9-10,15H2,1-2H3. The first-order chi connectivity index (χ1) is 15.6. The zero-order valence-corrected chi connectivity index (χ0v) is 18.3. The van der Waals surface area contributed by atoms with Gasteiger partial charge in [0.1, 0.15) is 5.75 Å². The average Bonchev–Trinajstić information content (AvgIpc) is 3.45. The molecular formula is C25H26N4O3. The van der Waals surface area contributed by atoms with E-state index in [0.29, 0.717) is 29.1 Å². The lowest BCUT2D eigenvalue weighted by Gasteiger charge is -2.17. The summed E-state index contributed by atoms with van der Waals surface area (Å²) < 4.78 is 10.2. The Kier molecular flexibility index (Phi) is 5.17. The summed E-state index contributed by atoms with van der Waals surface area (Å²) in [5.74, 6) is 0.639. The number of rotatable bonds is 5. The normalized spacial score (nSPS) is 14.3. The lowest BCUT2D eigenvalue weighted by Crippen LogP contribution is -2.41. The van der Waals surface area contributed by atoms with E-state index in [4.69, 9.17) is 4.74 Å². The van der Waals surface area contributed by atoms with E-state index in [9.17, 15) is 9.59 Å². The van der Waals surface area contributed by atoms with Gasteiger partial charge in [-0.25, -0.2) is 14.3 Å². The van der Waals surface area contributed by atoms with E-state index < -0.39 is 0 Å². The number of hydrogen-bond acceptors (Lipinski definition) is 4. The predicted octanol–water partition coefficient (Wildman–Crippen LogP) is 3.83. The molecule has 0 bridgehead atoms. The second-order valence-corrected chi connectivity index (χ2v) is 8.47. The van der Waals surface area contributed by atoms with Crippen molar-refractivity contribution < 1.29 is 4.74 Å². The summed E-state index contributed by atoms with van der Waals surface area (Å²) in [5.41, 5.74) is 3.08. The van der Waals surface area contributed by atoms with Gasteiger partial charge >= 0.3 is 5.69 Å². The summed E-state index contributed by atoms with van der Waals surface area (Å²) in [6.45, 7) is 2.55. The molecule has 0 amide bonds. The molecule has 0 unspecified atom stereocenters. The molecule has 2 aromatic carbocycles. The van der Waals surface area contributed by atoms with Gasteiger partial charge in [0.05, 0.1) is 19.1 Å². The lowest BCUT2D eigenvalue weighted by atomic mass is 10.1. The highest BCUT2D eigenvalue weighted by molar-refractivity contribution is 5.72. The summed E-state index contributed by atoms with van der Waals surface area (Å²) in [7, 11) is 1.59. The monoisotopic (exact) mass is 430 g/mol. The Morgan fingerprint density at radius 1 is 1.06 bits per heavy atom. The molecule has 1 fully saturated rings. The van der Waals surface area contributed by atoms with E-state index in [1.807, 2.05) is 47.9 Å². The van der Waals surface area contributed by atoms with E-state index >= 15 is 0 Å². The number of benzene rings is 2. The van der Waals surface area contributed by atoms with Gasteiger partial charge < -0.3 is 9.30 Å². The number of fused-ring (bicyclic) bond motifs is 1. The number of hydrogen-bond donors (Lipinski definition) is 0. The quantitative estimate of drug-likeness (QED) is 0.483. The summed E-state index contributed by atoms with van der Waals surface area (Å²) in [4.78, 5) is 31.8. The molecule has 0 saturated heterocycles. The maximum absolute atomic E-state index is 13.6. The first kappa shape index (κ1) is 20.3. The van der Waals surface area contributed by atoms with Crippen LogP contribution in [0.25, 0.3) is 16.9 Å². The molecule has 164 valence electrons. The summed E-state index contributed by atoms with van der Waals surface area (Å²) in [6.07, 6.45) is 5.38. The van der Waals surface area contributed by atoms with Crippen LogP contribution < -0.4 is 16.0 Å². The fourth-order valence-corrected chi connectivity index (χ4v) is 4.75. The molecule has 0 spiro atoms. The number of methoxy groups -OCH3 is 1. The molecule has 0 N–H and O–H groups in total. The van der Waals surface area contributed by atoms with Gasteiger partial charge in [-0.3, -0.25) is 9.36 Å². The van der Waals surface area contributed by atoms with Crippen molar-refractivity contribution in [2.45, 2.75) is 45.2 Å². The van der Waals surface area contributed by atoms with Crippen molar-refractivity contribution in [3.63, 3.8) is 0 Å². The molecule has 0 aliphatic heterocycles. The Bertz CT molecular complexity index is 1410. The molecule has 2 heterocycles. The molecule has 7 heteroatoms. The molecule has 1 aliphatic carbocycles. The third kappa shape index (κ3) is 3.43. The summed E-state index contributed by atoms with van der Waals surface area (Å²) in [5, 5.41) is 0. The number of nitrogens with zero attached hydrogens (tertiary/aromatic N) is 4. The van der Waals surface area contributed by atoms with Crippen LogP contribution in [0.15, 0.2) is 64.4 Å². The fourth-order valence-electron chi connectivity index (χ4n) is 4.75. The molecule has 7 nitrogen and oxygen atoms in total. The van der Waals surface area contributed by atoms with Crippen molar-refractivity contribution in [1.82, 2.24) is 18.7 Å². The SMILES string of the molecule is COc1cccc(-n2c(=O)n(C3CCCC3)c(=O)c3c2ncn3Cc2cccc(C)c2)c1. The van der Waals surface area contributed by atoms with Crippen LogP contribution >= 0.6 is 0 Å². The van der Waals surface area contributed by atoms with Crippen LogP contribution in [0.3, 0.4) is 0 Å². The van der Waals surface area contributed by atoms with Gasteiger partial charge in [-0.15, -0.1) is 0 Å². The van der Waals surface area contributed by atoms with Crippen LogP contribution in [0, 0.1) is 6.92 Å². The second kappa shape index (κ2) is 8.15. The van der Waals surface area contributed by atoms with Gasteiger partial charge in [-0.05, 0) is 37.5 Å². The summed E-state index contributed by atoms with van der Waals surface area (Å²) >= 11 is 0. The number of imidazole rings is 1. The van der Waals surface area contributed by atoms with Gasteiger partial charge in [-0.2, -0.15) is 0 Å². The Morgan fingerprint density at radius 2 is 1.84 bits per heavy atom. The Hall–Kier alpha value is -3.61. The first-order valence-corrected chi connectivity index (χ1v) is 11.0. The van der Waals surface area contributed by atoms with E-state index in [1.54, 1.807) is 24.1 Å². The van der Waals surface area contributed by atoms with E-state index in [1.165, 1.54) is 4.57 Å². The van der Waals surface area contributed by atoms with Crippen molar-refractivity contribution in [3.8, 4) is 11.4 Å². The van der Waals surface area contributed by atoms with Crippen LogP contribution in [0.1, 0.15) is 42.9 Å². The Morgan fingerprint density at radius 3 is 2.59 bits per heavy atom. The van der Waals surface area contributed by atoms with E-state index in [-0.39, 0.29) is 17.3 Å². The topological polar surface area (TPSA) is 71.1 Å². The highest BCUT2D eigenvalue weighted by atomic mass is 16.5. The van der Waals surface area contributed by atoms with Crippen LogP contribution in [0.5, 0.6) is 5.75 Å². The minimum Gasteiger partial charge on any atom is -0.497 e. The van der Waals surface area contributed by atoms with Gasteiger partial charge in [0, 0.05) is 18.7 Å². The molecule has 2 aromatic heterocycles. The zero-order valence-electron chi connectivity index (χ0n) is 18.3. The fraction of sp³-hybridized carbons (Fsp3) is 0.320. The average molecular weight is 431 g/mol. The van der Waals surface area contributed by atoms with Crippen molar-refractivity contribution in [2.75, 3.05) is 7.11 Å². The Labute approximate surface area is 185 Å². The third-order valence-electron chi connectivity index (χ3n) is 6.29. The Balaban J connectivity index is 1.78. The smallest absolute Gasteiger partial charge is 0.337 e.